The van der Waals surface area contributed by atoms with Gasteiger partial charge in [-0.2, -0.15) is 0 Å². The number of carbonyl (C=O) groups excluding carboxylic acids is 2. The van der Waals surface area contributed by atoms with Crippen molar-refractivity contribution in [2.24, 2.45) is 0 Å². The quantitative estimate of drug-likeness (QED) is 0.631. The molecule has 1 aromatic heterocycles. The number of furan rings is 1. The molecule has 31 heavy (non-hydrogen) atoms. The van der Waals surface area contributed by atoms with Gasteiger partial charge < -0.3 is 14.6 Å². The van der Waals surface area contributed by atoms with Gasteiger partial charge in [-0.3, -0.25) is 9.59 Å². The van der Waals surface area contributed by atoms with E-state index in [1.807, 2.05) is 6.07 Å². The second-order valence-corrected chi connectivity index (χ2v) is 9.58. The van der Waals surface area contributed by atoms with Gasteiger partial charge in [-0.15, -0.1) is 0 Å². The summed E-state index contributed by atoms with van der Waals surface area (Å²) in [7, 11) is -3.91. The molecule has 1 aliphatic heterocycles. The van der Waals surface area contributed by atoms with Gasteiger partial charge in [-0.1, -0.05) is 41.9 Å². The average Bonchev–Trinajstić information content (AvgIpc) is 3.27. The monoisotopic (exact) mass is 458 g/mol. The van der Waals surface area contributed by atoms with Crippen LogP contribution in [-0.2, 0) is 26.0 Å². The minimum Gasteiger partial charge on any atom is -0.468 e. The van der Waals surface area contributed by atoms with Crippen molar-refractivity contribution in [1.29, 1.82) is 0 Å². The Kier molecular flexibility index (Phi) is 5.84. The second-order valence-electron chi connectivity index (χ2n) is 7.07. The fraction of sp³-hybridized carbons (Fsp3) is 0.182. The number of sulfone groups is 1. The molecule has 3 aromatic rings. The number of hydrogen-bond donors (Lipinski definition) is 1. The maximum atomic E-state index is 13.3. The van der Waals surface area contributed by atoms with Crippen LogP contribution in [0.2, 0.25) is 5.02 Å². The van der Waals surface area contributed by atoms with Crippen molar-refractivity contribution < 1.29 is 22.4 Å². The Bertz CT molecular complexity index is 1220. The third kappa shape index (κ3) is 4.22. The summed E-state index contributed by atoms with van der Waals surface area (Å²) in [5.74, 6) is -0.729. The molecule has 0 aliphatic carbocycles. The SMILES string of the molecule is O=C(CN1C(=O)CC(c2ccco2)S(=O)(=O)c2ccccc21)NCc1ccccc1Cl. The Hall–Kier alpha value is -3.10. The number of carbonyl (C=O) groups is 2. The molecule has 1 atom stereocenters. The van der Waals surface area contributed by atoms with E-state index in [0.717, 1.165) is 5.56 Å². The number of nitrogens with zero attached hydrogens (tertiary/aromatic N) is 1. The molecule has 2 heterocycles. The molecule has 1 unspecified atom stereocenters. The van der Waals surface area contributed by atoms with E-state index in [0.29, 0.717) is 5.02 Å². The fourth-order valence-corrected chi connectivity index (χ4v) is 5.57. The van der Waals surface area contributed by atoms with E-state index in [2.05, 4.69) is 5.32 Å². The van der Waals surface area contributed by atoms with E-state index in [4.69, 9.17) is 16.0 Å². The molecule has 1 N–H and O–H groups in total. The normalized spacial score (nSPS) is 17.6. The van der Waals surface area contributed by atoms with E-state index < -0.39 is 26.9 Å². The zero-order valence-electron chi connectivity index (χ0n) is 16.3. The van der Waals surface area contributed by atoms with Gasteiger partial charge in [0.1, 0.15) is 17.6 Å². The zero-order valence-corrected chi connectivity index (χ0v) is 17.9. The molecule has 0 spiro atoms. The van der Waals surface area contributed by atoms with Crippen LogP contribution in [0.15, 0.2) is 76.2 Å². The first-order valence-corrected chi connectivity index (χ1v) is 11.5. The minimum atomic E-state index is -3.91. The minimum absolute atomic E-state index is 0.0128. The summed E-state index contributed by atoms with van der Waals surface area (Å²) in [6.07, 6.45) is 1.04. The number of halogens is 1. The maximum Gasteiger partial charge on any atom is 0.240 e. The number of amides is 2. The molecule has 0 bridgehead atoms. The molecular weight excluding hydrogens is 440 g/mol. The lowest BCUT2D eigenvalue weighted by Crippen LogP contribution is -2.40. The summed E-state index contributed by atoms with van der Waals surface area (Å²) < 4.78 is 31.9. The van der Waals surface area contributed by atoms with Crippen molar-refractivity contribution in [3.63, 3.8) is 0 Å². The largest absolute Gasteiger partial charge is 0.468 e. The topological polar surface area (TPSA) is 96.7 Å². The van der Waals surface area contributed by atoms with Crippen molar-refractivity contribution in [1.82, 2.24) is 5.32 Å². The van der Waals surface area contributed by atoms with E-state index in [9.17, 15) is 18.0 Å². The average molecular weight is 459 g/mol. The molecule has 2 amide bonds. The Balaban J connectivity index is 1.61. The van der Waals surface area contributed by atoms with Crippen LogP contribution in [0.5, 0.6) is 0 Å². The molecule has 1 aliphatic rings. The first-order chi connectivity index (χ1) is 14.9. The smallest absolute Gasteiger partial charge is 0.240 e. The van der Waals surface area contributed by atoms with Crippen molar-refractivity contribution in [2.75, 3.05) is 11.4 Å². The lowest BCUT2D eigenvalue weighted by Gasteiger charge is -2.22. The van der Waals surface area contributed by atoms with E-state index in [1.165, 1.54) is 29.4 Å². The van der Waals surface area contributed by atoms with Gasteiger partial charge in [-0.05, 0) is 35.9 Å². The predicted molar refractivity (Wildman–Crippen MR) is 115 cm³/mol. The molecule has 9 heteroatoms. The Morgan fingerprint density at radius 3 is 2.58 bits per heavy atom. The Labute approximate surface area is 184 Å². The lowest BCUT2D eigenvalue weighted by atomic mass is 10.2. The second kappa shape index (κ2) is 8.56. The molecule has 0 fully saturated rings. The summed E-state index contributed by atoms with van der Waals surface area (Å²) >= 11 is 6.12. The number of hydrogen-bond acceptors (Lipinski definition) is 5. The molecule has 0 radical (unpaired) electrons. The van der Waals surface area contributed by atoms with E-state index in [-0.39, 0.29) is 35.9 Å². The molecule has 4 rings (SSSR count). The first kappa shape index (κ1) is 21.1. The Morgan fingerprint density at radius 1 is 1.10 bits per heavy atom. The molecule has 0 saturated heterocycles. The lowest BCUT2D eigenvalue weighted by molar-refractivity contribution is -0.124. The maximum absolute atomic E-state index is 13.3. The van der Waals surface area contributed by atoms with Crippen LogP contribution in [0.1, 0.15) is 23.0 Å². The number of fused-ring (bicyclic) bond motifs is 1. The van der Waals surface area contributed by atoms with Gasteiger partial charge in [0, 0.05) is 11.6 Å². The van der Waals surface area contributed by atoms with Crippen LogP contribution in [0.3, 0.4) is 0 Å². The van der Waals surface area contributed by atoms with Gasteiger partial charge in [0.15, 0.2) is 9.84 Å². The highest BCUT2D eigenvalue weighted by molar-refractivity contribution is 7.91. The number of rotatable bonds is 5. The van der Waals surface area contributed by atoms with Crippen LogP contribution in [-0.4, -0.2) is 26.8 Å². The highest BCUT2D eigenvalue weighted by Crippen LogP contribution is 2.40. The summed E-state index contributed by atoms with van der Waals surface area (Å²) in [5.41, 5.74) is 0.912. The number of anilines is 1. The molecular formula is C22H19ClN2O5S. The van der Waals surface area contributed by atoms with Gasteiger partial charge >= 0.3 is 0 Å². The third-order valence-corrected chi connectivity index (χ3v) is 7.57. The standard InChI is InChI=1S/C22H19ClN2O5S/c23-16-7-2-1-6-15(16)13-24-21(26)14-25-17-8-3-4-10-19(17)31(28,29)20(12-22(25)27)18-9-5-11-30-18/h1-11,20H,12-14H2,(H,24,26). The van der Waals surface area contributed by atoms with Gasteiger partial charge in [0.2, 0.25) is 11.8 Å². The van der Waals surface area contributed by atoms with Crippen LogP contribution < -0.4 is 10.2 Å². The highest BCUT2D eigenvalue weighted by atomic mass is 35.5. The van der Waals surface area contributed by atoms with Crippen LogP contribution in [0.4, 0.5) is 5.69 Å². The van der Waals surface area contributed by atoms with Gasteiger partial charge in [0.05, 0.1) is 23.3 Å². The van der Waals surface area contributed by atoms with Crippen LogP contribution >= 0.6 is 11.6 Å². The Morgan fingerprint density at radius 2 is 1.84 bits per heavy atom. The summed E-state index contributed by atoms with van der Waals surface area (Å²) in [6.45, 7) is -0.129. The molecule has 2 aromatic carbocycles. The van der Waals surface area contributed by atoms with Gasteiger partial charge in [-0.25, -0.2) is 8.42 Å². The summed E-state index contributed by atoms with van der Waals surface area (Å²) in [5, 5.41) is 2.09. The highest BCUT2D eigenvalue weighted by Gasteiger charge is 2.41. The van der Waals surface area contributed by atoms with E-state index in [1.54, 1.807) is 36.4 Å². The van der Waals surface area contributed by atoms with Crippen molar-refractivity contribution in [3.05, 3.63) is 83.3 Å². The van der Waals surface area contributed by atoms with Crippen LogP contribution in [0.25, 0.3) is 0 Å². The number of benzene rings is 2. The van der Waals surface area contributed by atoms with E-state index >= 15 is 0 Å². The number of para-hydroxylation sites is 1. The predicted octanol–water partition coefficient (Wildman–Crippen LogP) is 3.50. The van der Waals surface area contributed by atoms with Crippen molar-refractivity contribution in [2.45, 2.75) is 23.1 Å². The van der Waals surface area contributed by atoms with Crippen molar-refractivity contribution >= 4 is 38.9 Å². The first-order valence-electron chi connectivity index (χ1n) is 9.54. The van der Waals surface area contributed by atoms with Crippen LogP contribution in [0, 0.1) is 0 Å². The molecule has 0 saturated carbocycles. The number of nitrogens with one attached hydrogen (secondary N) is 1. The summed E-state index contributed by atoms with van der Waals surface area (Å²) in [6, 6.07) is 16.4. The van der Waals surface area contributed by atoms with Gasteiger partial charge in [0.25, 0.3) is 0 Å². The zero-order chi connectivity index (χ0) is 22.0. The molecule has 160 valence electrons. The van der Waals surface area contributed by atoms with Crippen molar-refractivity contribution in [3.8, 4) is 0 Å². The molecule has 7 nitrogen and oxygen atoms in total. The third-order valence-electron chi connectivity index (χ3n) is 5.09. The summed E-state index contributed by atoms with van der Waals surface area (Å²) in [4.78, 5) is 26.9. The fourth-order valence-electron chi connectivity index (χ4n) is 3.52.